The standard InChI is InChI=1S/C25H23N3S/c1-3-17(2)24(23-16-27-12-13-29-23)19-9-10-20(15-26)22(14-19)21-8-4-6-18-7-5-11-28-25(18)21/h4-12,14,16-17,24H,3,13H2,1-2H3. The lowest BCUT2D eigenvalue weighted by Crippen LogP contribution is -2.12. The molecule has 0 bridgehead atoms. The highest BCUT2D eigenvalue weighted by Gasteiger charge is 2.25. The molecule has 3 aromatic rings. The van der Waals surface area contributed by atoms with Crippen LogP contribution in [0.25, 0.3) is 22.0 Å². The van der Waals surface area contributed by atoms with Gasteiger partial charge in [-0.3, -0.25) is 9.98 Å². The first-order valence-corrected chi connectivity index (χ1v) is 10.9. The van der Waals surface area contributed by atoms with Gasteiger partial charge in [-0.25, -0.2) is 0 Å². The van der Waals surface area contributed by atoms with E-state index in [4.69, 9.17) is 0 Å². The third kappa shape index (κ3) is 3.83. The summed E-state index contributed by atoms with van der Waals surface area (Å²) in [4.78, 5) is 10.3. The Labute approximate surface area is 176 Å². The Morgan fingerprint density at radius 2 is 2.00 bits per heavy atom. The van der Waals surface area contributed by atoms with Gasteiger partial charge in [-0.2, -0.15) is 5.26 Å². The van der Waals surface area contributed by atoms with Crippen molar-refractivity contribution in [1.29, 1.82) is 5.26 Å². The van der Waals surface area contributed by atoms with Crippen molar-refractivity contribution in [3.63, 3.8) is 0 Å². The molecule has 0 aliphatic carbocycles. The number of rotatable bonds is 5. The Hall–Kier alpha value is -2.90. The predicted molar refractivity (Wildman–Crippen MR) is 123 cm³/mol. The molecule has 3 nitrogen and oxygen atoms in total. The Bertz CT molecular complexity index is 1140. The highest BCUT2D eigenvalue weighted by Crippen LogP contribution is 2.42. The highest BCUT2D eigenvalue weighted by atomic mass is 32.2. The maximum Gasteiger partial charge on any atom is 0.0998 e. The molecule has 0 N–H and O–H groups in total. The number of allylic oxidation sites excluding steroid dienone is 1. The highest BCUT2D eigenvalue weighted by molar-refractivity contribution is 8.03. The van der Waals surface area contributed by atoms with Crippen molar-refractivity contribution in [3.05, 3.63) is 77.0 Å². The summed E-state index contributed by atoms with van der Waals surface area (Å²) in [5, 5.41) is 10.9. The van der Waals surface area contributed by atoms with Crippen molar-refractivity contribution in [1.82, 2.24) is 4.98 Å². The quantitative estimate of drug-likeness (QED) is 0.490. The molecule has 0 fully saturated rings. The van der Waals surface area contributed by atoms with Crippen LogP contribution in [0.2, 0.25) is 0 Å². The number of para-hydroxylation sites is 1. The average molecular weight is 398 g/mol. The zero-order valence-corrected chi connectivity index (χ0v) is 17.5. The van der Waals surface area contributed by atoms with Crippen LogP contribution in [0.1, 0.15) is 37.3 Å². The fourth-order valence-corrected chi connectivity index (χ4v) is 4.95. The van der Waals surface area contributed by atoms with Crippen LogP contribution in [-0.2, 0) is 0 Å². The van der Waals surface area contributed by atoms with Crippen LogP contribution in [0.3, 0.4) is 0 Å². The van der Waals surface area contributed by atoms with Crippen LogP contribution < -0.4 is 0 Å². The van der Waals surface area contributed by atoms with E-state index in [1.54, 1.807) is 0 Å². The van der Waals surface area contributed by atoms with E-state index in [9.17, 15) is 5.26 Å². The Morgan fingerprint density at radius 3 is 2.76 bits per heavy atom. The van der Waals surface area contributed by atoms with Gasteiger partial charge in [0.05, 0.1) is 17.1 Å². The fraction of sp³-hybridized carbons (Fsp3) is 0.240. The van der Waals surface area contributed by atoms with Gasteiger partial charge in [-0.05, 0) is 29.7 Å². The Kier molecular flexibility index (Phi) is 5.78. The van der Waals surface area contributed by atoms with Gasteiger partial charge >= 0.3 is 0 Å². The molecule has 0 saturated carbocycles. The van der Waals surface area contributed by atoms with Gasteiger partial charge in [0.1, 0.15) is 0 Å². The summed E-state index contributed by atoms with van der Waals surface area (Å²) in [6.45, 7) is 4.52. The van der Waals surface area contributed by atoms with Gasteiger partial charge in [0.15, 0.2) is 0 Å². The van der Waals surface area contributed by atoms with E-state index in [-0.39, 0.29) is 5.92 Å². The van der Waals surface area contributed by atoms with Crippen LogP contribution in [0, 0.1) is 17.2 Å². The summed E-state index contributed by atoms with van der Waals surface area (Å²) in [5.41, 5.74) is 4.80. The van der Waals surface area contributed by atoms with E-state index in [0.717, 1.165) is 34.2 Å². The lowest BCUT2D eigenvalue weighted by Gasteiger charge is -2.27. The first-order chi connectivity index (χ1) is 14.2. The molecule has 1 aliphatic rings. The summed E-state index contributed by atoms with van der Waals surface area (Å²) in [5.74, 6) is 1.67. The van der Waals surface area contributed by atoms with E-state index in [1.165, 1.54) is 10.5 Å². The van der Waals surface area contributed by atoms with Gasteiger partial charge in [-0.15, -0.1) is 11.8 Å². The monoisotopic (exact) mass is 397 g/mol. The maximum absolute atomic E-state index is 9.78. The second-order valence-electron chi connectivity index (χ2n) is 7.33. The molecule has 4 rings (SSSR count). The molecule has 0 amide bonds. The summed E-state index contributed by atoms with van der Waals surface area (Å²) in [6, 6.07) is 18.8. The molecule has 2 heterocycles. The number of hydrogen-bond acceptors (Lipinski definition) is 4. The van der Waals surface area contributed by atoms with Gasteiger partial charge < -0.3 is 0 Å². The largest absolute Gasteiger partial charge is 0.267 e. The minimum atomic E-state index is 0.275. The fourth-order valence-electron chi connectivity index (χ4n) is 3.92. The molecule has 144 valence electrons. The first-order valence-electron chi connectivity index (χ1n) is 9.95. The Morgan fingerprint density at radius 1 is 1.14 bits per heavy atom. The van der Waals surface area contributed by atoms with Crippen LogP contribution in [0.5, 0.6) is 0 Å². The number of benzene rings is 2. The lowest BCUT2D eigenvalue weighted by molar-refractivity contribution is 0.502. The van der Waals surface area contributed by atoms with E-state index in [2.05, 4.69) is 60.2 Å². The molecule has 0 saturated heterocycles. The second kappa shape index (κ2) is 8.63. The second-order valence-corrected chi connectivity index (χ2v) is 8.43. The van der Waals surface area contributed by atoms with Crippen LogP contribution in [-0.4, -0.2) is 17.0 Å². The number of pyridine rings is 1. The van der Waals surface area contributed by atoms with Gasteiger partial charge in [0, 0.05) is 51.7 Å². The molecule has 4 heteroatoms. The van der Waals surface area contributed by atoms with Crippen molar-refractivity contribution >= 4 is 28.9 Å². The third-order valence-electron chi connectivity index (χ3n) is 5.60. The lowest BCUT2D eigenvalue weighted by atomic mass is 9.83. The predicted octanol–water partition coefficient (Wildman–Crippen LogP) is 6.56. The van der Waals surface area contributed by atoms with Crippen LogP contribution in [0.15, 0.2) is 70.8 Å². The smallest absolute Gasteiger partial charge is 0.0998 e. The van der Waals surface area contributed by atoms with E-state index in [1.807, 2.05) is 48.6 Å². The summed E-state index contributed by atoms with van der Waals surface area (Å²) >= 11 is 1.86. The summed E-state index contributed by atoms with van der Waals surface area (Å²) < 4.78 is 0. The molecule has 1 aromatic heterocycles. The van der Waals surface area contributed by atoms with E-state index < -0.39 is 0 Å². The summed E-state index contributed by atoms with van der Waals surface area (Å²) in [7, 11) is 0. The van der Waals surface area contributed by atoms with Crippen molar-refractivity contribution in [2.45, 2.75) is 26.2 Å². The SMILES string of the molecule is CCC(C)C(C1=CN=CCS1)c1ccc(C#N)c(-c2cccc3cccnc23)c1. The molecule has 0 radical (unpaired) electrons. The summed E-state index contributed by atoms with van der Waals surface area (Å²) in [6.07, 6.45) is 6.85. The number of aliphatic imine (C=N–C) groups is 1. The molecular formula is C25H23N3S. The van der Waals surface area contributed by atoms with Crippen LogP contribution in [0.4, 0.5) is 0 Å². The van der Waals surface area contributed by atoms with Gasteiger partial charge in [0.2, 0.25) is 0 Å². The van der Waals surface area contributed by atoms with Gasteiger partial charge in [-0.1, -0.05) is 50.6 Å². The van der Waals surface area contributed by atoms with Crippen molar-refractivity contribution < 1.29 is 0 Å². The zero-order valence-electron chi connectivity index (χ0n) is 16.7. The molecule has 2 unspecified atom stereocenters. The number of thioether (sulfide) groups is 1. The molecule has 0 spiro atoms. The molecule has 2 atom stereocenters. The number of hydrogen-bond donors (Lipinski definition) is 0. The first kappa shape index (κ1) is 19.4. The van der Waals surface area contributed by atoms with Crippen LogP contribution >= 0.6 is 11.8 Å². The Balaban J connectivity index is 1.90. The molecule has 2 aromatic carbocycles. The zero-order chi connectivity index (χ0) is 20.2. The maximum atomic E-state index is 9.78. The number of nitriles is 1. The molecular weight excluding hydrogens is 374 g/mol. The molecule has 29 heavy (non-hydrogen) atoms. The minimum absolute atomic E-state index is 0.275. The average Bonchev–Trinajstić information content (AvgIpc) is 2.79. The van der Waals surface area contributed by atoms with Gasteiger partial charge in [0.25, 0.3) is 0 Å². The number of fused-ring (bicyclic) bond motifs is 1. The van der Waals surface area contributed by atoms with E-state index in [0.29, 0.717) is 11.5 Å². The third-order valence-corrected chi connectivity index (χ3v) is 6.61. The van der Waals surface area contributed by atoms with Crippen molar-refractivity contribution in [2.24, 2.45) is 10.9 Å². The van der Waals surface area contributed by atoms with Crippen molar-refractivity contribution in [2.75, 3.05) is 5.75 Å². The molecule has 1 aliphatic heterocycles. The number of aromatic nitrogens is 1. The minimum Gasteiger partial charge on any atom is -0.267 e. The van der Waals surface area contributed by atoms with Crippen molar-refractivity contribution in [3.8, 4) is 17.2 Å². The normalized spacial score (nSPS) is 15.6. The number of nitrogens with zero attached hydrogens (tertiary/aromatic N) is 3. The topological polar surface area (TPSA) is 49.0 Å². The van der Waals surface area contributed by atoms with E-state index >= 15 is 0 Å².